The minimum Gasteiger partial charge on any atom is -0.387 e. The Morgan fingerprint density at radius 1 is 1.44 bits per heavy atom. The molecule has 0 radical (unpaired) electrons. The Morgan fingerprint density at radius 2 is 2.17 bits per heavy atom. The van der Waals surface area contributed by atoms with Gasteiger partial charge in [0.1, 0.15) is 0 Å². The van der Waals surface area contributed by atoms with E-state index in [2.05, 4.69) is 10.6 Å². The van der Waals surface area contributed by atoms with Crippen molar-refractivity contribution in [3.05, 3.63) is 29.3 Å². The van der Waals surface area contributed by atoms with Gasteiger partial charge in [0.15, 0.2) is 0 Å². The molecule has 18 heavy (non-hydrogen) atoms. The first kappa shape index (κ1) is 14.5. The number of aryl methyl sites for hydroxylation is 1. The normalized spacial score (nSPS) is 12.0. The van der Waals surface area contributed by atoms with Crippen molar-refractivity contribution in [3.8, 4) is 0 Å². The molecule has 0 fully saturated rings. The molecular weight excluding hydrogens is 228 g/mol. The number of carbonyl (C=O) groups excluding carboxylic acids is 1. The first-order valence-electron chi connectivity index (χ1n) is 6.20. The Labute approximate surface area is 109 Å². The molecule has 0 spiro atoms. The predicted octanol–water partition coefficient (Wildman–Crippen LogP) is 2.19. The molecule has 1 unspecified atom stereocenters. The topological polar surface area (TPSA) is 50.4 Å². The van der Waals surface area contributed by atoms with Crippen LogP contribution >= 0.6 is 0 Å². The van der Waals surface area contributed by atoms with Crippen molar-refractivity contribution in [2.45, 2.75) is 26.3 Å². The summed E-state index contributed by atoms with van der Waals surface area (Å²) in [5.41, 5.74) is 2.64. The van der Waals surface area contributed by atoms with Gasteiger partial charge in [-0.3, -0.25) is 4.79 Å². The minimum atomic E-state index is -0.0664. The Bertz CT molecular complexity index is 405. The quantitative estimate of drug-likeness (QED) is 0.813. The van der Waals surface area contributed by atoms with E-state index in [1.807, 2.05) is 39.1 Å². The zero-order chi connectivity index (χ0) is 13.5. The molecule has 0 saturated heterocycles. The number of hydrogen-bond donors (Lipinski definition) is 2. The molecular formula is C14H22N2O2. The molecule has 4 heteroatoms. The lowest BCUT2D eigenvalue weighted by Gasteiger charge is -2.17. The molecule has 0 aliphatic heterocycles. The van der Waals surface area contributed by atoms with Crippen molar-refractivity contribution in [3.63, 3.8) is 0 Å². The maximum Gasteiger partial charge on any atom is 0.253 e. The number of amides is 1. The van der Waals surface area contributed by atoms with Crippen molar-refractivity contribution < 1.29 is 9.53 Å². The molecule has 0 aromatic heterocycles. The van der Waals surface area contributed by atoms with E-state index in [0.717, 1.165) is 17.7 Å². The van der Waals surface area contributed by atoms with Crippen LogP contribution in [0.1, 0.15) is 29.3 Å². The summed E-state index contributed by atoms with van der Waals surface area (Å²) in [6, 6.07) is 5.79. The first-order chi connectivity index (χ1) is 8.62. The average Bonchev–Trinajstić information content (AvgIpc) is 2.37. The number of rotatable bonds is 6. The van der Waals surface area contributed by atoms with Crippen LogP contribution in [0.2, 0.25) is 0 Å². The minimum absolute atomic E-state index is 0.0495. The van der Waals surface area contributed by atoms with Gasteiger partial charge in [-0.2, -0.15) is 0 Å². The van der Waals surface area contributed by atoms with Gasteiger partial charge in [0, 0.05) is 19.8 Å². The van der Waals surface area contributed by atoms with Crippen LogP contribution in [0.3, 0.4) is 0 Å². The van der Waals surface area contributed by atoms with Crippen LogP contribution in [-0.4, -0.2) is 32.7 Å². The molecule has 1 rings (SSSR count). The molecule has 4 nitrogen and oxygen atoms in total. The molecule has 1 atom stereocenters. The second-order valence-electron chi connectivity index (χ2n) is 4.33. The molecule has 1 amide bonds. The van der Waals surface area contributed by atoms with Crippen molar-refractivity contribution in [1.82, 2.24) is 5.32 Å². The maximum absolute atomic E-state index is 12.2. The van der Waals surface area contributed by atoms with E-state index in [0.29, 0.717) is 12.2 Å². The molecule has 0 aliphatic carbocycles. The van der Waals surface area contributed by atoms with Gasteiger partial charge in [-0.25, -0.2) is 0 Å². The highest BCUT2D eigenvalue weighted by Crippen LogP contribution is 2.17. The van der Waals surface area contributed by atoms with Gasteiger partial charge in [-0.05, 0) is 31.0 Å². The molecule has 0 heterocycles. The highest BCUT2D eigenvalue weighted by Gasteiger charge is 2.14. The van der Waals surface area contributed by atoms with E-state index >= 15 is 0 Å². The predicted molar refractivity (Wildman–Crippen MR) is 74.1 cm³/mol. The molecule has 0 saturated carbocycles. The van der Waals surface area contributed by atoms with Gasteiger partial charge in [-0.1, -0.05) is 13.0 Å². The van der Waals surface area contributed by atoms with E-state index in [9.17, 15) is 4.79 Å². The molecule has 2 N–H and O–H groups in total. The lowest BCUT2D eigenvalue weighted by atomic mass is 10.1. The van der Waals surface area contributed by atoms with E-state index < -0.39 is 0 Å². The summed E-state index contributed by atoms with van der Waals surface area (Å²) in [4.78, 5) is 12.2. The van der Waals surface area contributed by atoms with E-state index in [-0.39, 0.29) is 11.9 Å². The van der Waals surface area contributed by atoms with Crippen LogP contribution < -0.4 is 10.6 Å². The van der Waals surface area contributed by atoms with Gasteiger partial charge in [-0.15, -0.1) is 0 Å². The summed E-state index contributed by atoms with van der Waals surface area (Å²) in [6.07, 6.45) is 0.848. The lowest BCUT2D eigenvalue weighted by Crippen LogP contribution is -2.37. The SMILES string of the molecule is CCC(COC)NC(=O)c1ccc(C)cc1NC. The largest absolute Gasteiger partial charge is 0.387 e. The Hall–Kier alpha value is -1.55. The Morgan fingerprint density at radius 3 is 2.72 bits per heavy atom. The third-order valence-corrected chi connectivity index (χ3v) is 2.88. The lowest BCUT2D eigenvalue weighted by molar-refractivity contribution is 0.0895. The van der Waals surface area contributed by atoms with E-state index in [1.54, 1.807) is 7.11 Å². The third kappa shape index (κ3) is 3.74. The number of anilines is 1. The zero-order valence-electron chi connectivity index (χ0n) is 11.5. The maximum atomic E-state index is 12.2. The van der Waals surface area contributed by atoms with Crippen molar-refractivity contribution in [2.24, 2.45) is 0 Å². The second-order valence-corrected chi connectivity index (χ2v) is 4.33. The third-order valence-electron chi connectivity index (χ3n) is 2.88. The summed E-state index contributed by atoms with van der Waals surface area (Å²) in [5.74, 6) is -0.0664. The fraction of sp³-hybridized carbons (Fsp3) is 0.500. The van der Waals surface area contributed by atoms with Crippen LogP contribution in [0, 0.1) is 6.92 Å². The van der Waals surface area contributed by atoms with Crippen molar-refractivity contribution in [1.29, 1.82) is 0 Å². The Kier molecular flexibility index (Phi) is 5.65. The summed E-state index contributed by atoms with van der Waals surface area (Å²) in [6.45, 7) is 4.56. The van der Waals surface area contributed by atoms with Crippen LogP contribution in [0.25, 0.3) is 0 Å². The van der Waals surface area contributed by atoms with E-state index in [4.69, 9.17) is 4.74 Å². The highest BCUT2D eigenvalue weighted by atomic mass is 16.5. The molecule has 1 aromatic rings. The summed E-state index contributed by atoms with van der Waals surface area (Å²) in [5, 5.41) is 6.02. The number of methoxy groups -OCH3 is 1. The fourth-order valence-corrected chi connectivity index (χ4v) is 1.79. The van der Waals surface area contributed by atoms with Gasteiger partial charge >= 0.3 is 0 Å². The van der Waals surface area contributed by atoms with Crippen molar-refractivity contribution >= 4 is 11.6 Å². The number of carbonyl (C=O) groups is 1. The number of benzene rings is 1. The summed E-state index contributed by atoms with van der Waals surface area (Å²) >= 11 is 0. The summed E-state index contributed by atoms with van der Waals surface area (Å²) in [7, 11) is 3.46. The smallest absolute Gasteiger partial charge is 0.253 e. The number of nitrogens with one attached hydrogen (secondary N) is 2. The number of hydrogen-bond acceptors (Lipinski definition) is 3. The van der Waals surface area contributed by atoms with Gasteiger partial charge in [0.25, 0.3) is 5.91 Å². The Balaban J connectivity index is 2.83. The van der Waals surface area contributed by atoms with Crippen LogP contribution in [0.4, 0.5) is 5.69 Å². The van der Waals surface area contributed by atoms with Gasteiger partial charge < -0.3 is 15.4 Å². The average molecular weight is 250 g/mol. The van der Waals surface area contributed by atoms with E-state index in [1.165, 1.54) is 0 Å². The molecule has 0 aliphatic rings. The first-order valence-corrected chi connectivity index (χ1v) is 6.20. The van der Waals surface area contributed by atoms with Crippen molar-refractivity contribution in [2.75, 3.05) is 26.1 Å². The summed E-state index contributed by atoms with van der Waals surface area (Å²) < 4.78 is 5.08. The zero-order valence-corrected chi connectivity index (χ0v) is 11.5. The fourth-order valence-electron chi connectivity index (χ4n) is 1.79. The monoisotopic (exact) mass is 250 g/mol. The molecule has 1 aromatic carbocycles. The van der Waals surface area contributed by atoms with Crippen LogP contribution in [0.5, 0.6) is 0 Å². The van der Waals surface area contributed by atoms with Gasteiger partial charge in [0.05, 0.1) is 18.2 Å². The molecule has 0 bridgehead atoms. The standard InChI is InChI=1S/C14H22N2O2/c1-5-11(9-18-4)16-14(17)12-7-6-10(2)8-13(12)15-3/h6-8,11,15H,5,9H2,1-4H3,(H,16,17). The van der Waals surface area contributed by atoms with Gasteiger partial charge in [0.2, 0.25) is 0 Å². The number of ether oxygens (including phenoxy) is 1. The highest BCUT2D eigenvalue weighted by molar-refractivity contribution is 5.99. The van der Waals surface area contributed by atoms with Crippen LogP contribution in [0.15, 0.2) is 18.2 Å². The van der Waals surface area contributed by atoms with Crippen LogP contribution in [-0.2, 0) is 4.74 Å². The molecule has 100 valence electrons. The second kappa shape index (κ2) is 7.01.